The van der Waals surface area contributed by atoms with E-state index in [0.29, 0.717) is 18.0 Å². The van der Waals surface area contributed by atoms with Crippen molar-refractivity contribution in [2.75, 3.05) is 13.1 Å². The molecule has 1 amide bonds. The summed E-state index contributed by atoms with van der Waals surface area (Å²) in [4.78, 5) is 15.0. The lowest BCUT2D eigenvalue weighted by Gasteiger charge is -2.41. The van der Waals surface area contributed by atoms with Gasteiger partial charge >= 0.3 is 0 Å². The van der Waals surface area contributed by atoms with Crippen molar-refractivity contribution in [3.63, 3.8) is 0 Å². The Morgan fingerprint density at radius 1 is 1.11 bits per heavy atom. The molecule has 3 nitrogen and oxygen atoms in total. The summed E-state index contributed by atoms with van der Waals surface area (Å²) in [5, 5.41) is 3.61. The van der Waals surface area contributed by atoms with Crippen molar-refractivity contribution in [3.8, 4) is 0 Å². The van der Waals surface area contributed by atoms with Crippen LogP contribution in [0.5, 0.6) is 0 Å². The molecular weight excluding hydrogens is 236 g/mol. The Morgan fingerprint density at radius 3 is 2.79 bits per heavy atom. The van der Waals surface area contributed by atoms with Crippen molar-refractivity contribution in [1.82, 2.24) is 10.2 Å². The highest BCUT2D eigenvalue weighted by atomic mass is 16.2. The maximum Gasteiger partial charge on any atom is 0.226 e. The van der Waals surface area contributed by atoms with E-state index in [-0.39, 0.29) is 5.92 Å². The lowest BCUT2D eigenvalue weighted by Crippen LogP contribution is -2.54. The smallest absolute Gasteiger partial charge is 0.226 e. The van der Waals surface area contributed by atoms with Crippen molar-refractivity contribution < 1.29 is 4.79 Å². The SMILES string of the molecule is O=C(C1CC=CCC1)N1CCCCC1C1CCCN1. The molecule has 19 heavy (non-hydrogen) atoms. The fourth-order valence-corrected chi connectivity index (χ4v) is 3.94. The van der Waals surface area contributed by atoms with E-state index in [2.05, 4.69) is 22.4 Å². The van der Waals surface area contributed by atoms with Gasteiger partial charge < -0.3 is 10.2 Å². The van der Waals surface area contributed by atoms with Crippen LogP contribution in [-0.2, 0) is 4.79 Å². The minimum Gasteiger partial charge on any atom is -0.338 e. The Balaban J connectivity index is 1.68. The minimum atomic E-state index is 0.256. The lowest BCUT2D eigenvalue weighted by atomic mass is 9.89. The summed E-state index contributed by atoms with van der Waals surface area (Å²) in [6, 6.07) is 1.03. The summed E-state index contributed by atoms with van der Waals surface area (Å²) in [6.07, 6.45) is 13.7. The van der Waals surface area contributed by atoms with Gasteiger partial charge in [-0.05, 0) is 57.9 Å². The minimum absolute atomic E-state index is 0.256. The van der Waals surface area contributed by atoms with Crippen molar-refractivity contribution in [1.29, 1.82) is 0 Å². The first kappa shape index (κ1) is 13.2. The van der Waals surface area contributed by atoms with E-state index < -0.39 is 0 Å². The molecule has 0 aromatic heterocycles. The Hall–Kier alpha value is -0.830. The van der Waals surface area contributed by atoms with Crippen LogP contribution in [0, 0.1) is 5.92 Å². The summed E-state index contributed by atoms with van der Waals surface area (Å²) in [7, 11) is 0. The van der Waals surface area contributed by atoms with Gasteiger partial charge in [0.2, 0.25) is 5.91 Å². The van der Waals surface area contributed by atoms with Crippen LogP contribution in [0.1, 0.15) is 51.4 Å². The van der Waals surface area contributed by atoms with Crippen LogP contribution in [0.4, 0.5) is 0 Å². The molecule has 3 unspecified atom stereocenters. The molecule has 1 N–H and O–H groups in total. The van der Waals surface area contributed by atoms with Crippen LogP contribution in [0.3, 0.4) is 0 Å². The van der Waals surface area contributed by atoms with Gasteiger partial charge in [0.05, 0.1) is 0 Å². The average molecular weight is 262 g/mol. The van der Waals surface area contributed by atoms with Gasteiger partial charge in [0.25, 0.3) is 0 Å². The number of carbonyl (C=O) groups is 1. The first-order chi connectivity index (χ1) is 9.36. The lowest BCUT2D eigenvalue weighted by molar-refractivity contribution is -0.140. The topological polar surface area (TPSA) is 32.3 Å². The Labute approximate surface area is 116 Å². The summed E-state index contributed by atoms with van der Waals surface area (Å²) in [5.41, 5.74) is 0. The number of allylic oxidation sites excluding steroid dienone is 2. The Bertz CT molecular complexity index is 347. The normalized spacial score (nSPS) is 35.6. The second-order valence-electron chi connectivity index (χ2n) is 6.28. The summed E-state index contributed by atoms with van der Waals surface area (Å²) >= 11 is 0. The van der Waals surface area contributed by atoms with Gasteiger partial charge in [-0.15, -0.1) is 0 Å². The van der Waals surface area contributed by atoms with Crippen molar-refractivity contribution in [3.05, 3.63) is 12.2 Å². The second-order valence-corrected chi connectivity index (χ2v) is 6.28. The van der Waals surface area contributed by atoms with Gasteiger partial charge in [-0.1, -0.05) is 12.2 Å². The number of rotatable bonds is 2. The molecule has 3 heteroatoms. The van der Waals surface area contributed by atoms with Crippen LogP contribution in [0.2, 0.25) is 0 Å². The summed E-state index contributed by atoms with van der Waals surface area (Å²) < 4.78 is 0. The van der Waals surface area contributed by atoms with Crippen LogP contribution in [-0.4, -0.2) is 36.0 Å². The van der Waals surface area contributed by atoms with Gasteiger partial charge in [-0.2, -0.15) is 0 Å². The highest BCUT2D eigenvalue weighted by Crippen LogP contribution is 2.28. The first-order valence-electron chi connectivity index (χ1n) is 8.05. The molecule has 2 fully saturated rings. The van der Waals surface area contributed by atoms with Crippen LogP contribution in [0.15, 0.2) is 12.2 Å². The molecule has 2 saturated heterocycles. The third-order valence-electron chi connectivity index (χ3n) is 5.01. The molecule has 0 aromatic carbocycles. The van der Waals surface area contributed by atoms with Gasteiger partial charge in [0.1, 0.15) is 0 Å². The monoisotopic (exact) mass is 262 g/mol. The van der Waals surface area contributed by atoms with Gasteiger partial charge in [-0.25, -0.2) is 0 Å². The van der Waals surface area contributed by atoms with Crippen molar-refractivity contribution in [2.45, 2.75) is 63.5 Å². The van der Waals surface area contributed by atoms with Gasteiger partial charge in [0.15, 0.2) is 0 Å². The predicted octanol–water partition coefficient (Wildman–Crippen LogP) is 2.48. The van der Waals surface area contributed by atoms with E-state index in [4.69, 9.17) is 0 Å². The largest absolute Gasteiger partial charge is 0.338 e. The quantitative estimate of drug-likeness (QED) is 0.775. The number of hydrogen-bond acceptors (Lipinski definition) is 2. The molecule has 3 rings (SSSR count). The Morgan fingerprint density at radius 2 is 2.05 bits per heavy atom. The maximum absolute atomic E-state index is 12.8. The van der Waals surface area contributed by atoms with E-state index >= 15 is 0 Å². The fraction of sp³-hybridized carbons (Fsp3) is 0.812. The zero-order chi connectivity index (χ0) is 13.1. The summed E-state index contributed by atoms with van der Waals surface area (Å²) in [5.74, 6) is 0.690. The molecule has 0 radical (unpaired) electrons. The number of amides is 1. The highest BCUT2D eigenvalue weighted by Gasteiger charge is 2.36. The zero-order valence-electron chi connectivity index (χ0n) is 11.8. The van der Waals surface area contributed by atoms with Crippen LogP contribution >= 0.6 is 0 Å². The number of likely N-dealkylation sites (tertiary alicyclic amines) is 1. The number of nitrogens with one attached hydrogen (secondary N) is 1. The maximum atomic E-state index is 12.8. The first-order valence-corrected chi connectivity index (χ1v) is 8.05. The fourth-order valence-electron chi connectivity index (χ4n) is 3.94. The number of hydrogen-bond donors (Lipinski definition) is 1. The number of piperidine rings is 1. The molecule has 0 saturated carbocycles. The molecule has 0 bridgehead atoms. The zero-order valence-corrected chi connectivity index (χ0v) is 11.8. The molecule has 3 atom stereocenters. The second kappa shape index (κ2) is 6.08. The van der Waals surface area contributed by atoms with E-state index in [1.807, 2.05) is 0 Å². The molecule has 2 aliphatic heterocycles. The van der Waals surface area contributed by atoms with E-state index in [1.54, 1.807) is 0 Å². The predicted molar refractivity (Wildman–Crippen MR) is 76.9 cm³/mol. The van der Waals surface area contributed by atoms with E-state index in [1.165, 1.54) is 32.1 Å². The molecular formula is C16H26N2O. The molecule has 0 aromatic rings. The van der Waals surface area contributed by atoms with E-state index in [0.717, 1.165) is 32.4 Å². The van der Waals surface area contributed by atoms with Gasteiger partial charge in [-0.3, -0.25) is 4.79 Å². The van der Waals surface area contributed by atoms with Crippen LogP contribution in [0.25, 0.3) is 0 Å². The average Bonchev–Trinajstić information content (AvgIpc) is 3.01. The van der Waals surface area contributed by atoms with E-state index in [9.17, 15) is 4.79 Å². The third-order valence-corrected chi connectivity index (χ3v) is 5.01. The Kier molecular flexibility index (Phi) is 4.21. The number of nitrogens with zero attached hydrogens (tertiary/aromatic N) is 1. The van der Waals surface area contributed by atoms with Crippen molar-refractivity contribution in [2.24, 2.45) is 5.92 Å². The van der Waals surface area contributed by atoms with Gasteiger partial charge in [0, 0.05) is 24.5 Å². The third kappa shape index (κ3) is 2.86. The summed E-state index contributed by atoms with van der Waals surface area (Å²) in [6.45, 7) is 2.12. The highest BCUT2D eigenvalue weighted by molar-refractivity contribution is 5.79. The molecule has 0 spiro atoms. The molecule has 3 aliphatic rings. The van der Waals surface area contributed by atoms with Crippen molar-refractivity contribution >= 4 is 5.91 Å². The molecule has 1 aliphatic carbocycles. The standard InChI is InChI=1S/C16H26N2O/c19-16(13-7-2-1-3-8-13)18-12-5-4-10-15(18)14-9-6-11-17-14/h1-2,13-15,17H,3-12H2. The molecule has 2 heterocycles. The number of carbonyl (C=O) groups excluding carboxylic acids is 1. The molecule has 106 valence electrons. The van der Waals surface area contributed by atoms with Crippen LogP contribution < -0.4 is 5.32 Å².